The number of nitrogens with zero attached hydrogens (tertiary/aromatic N) is 1. The van der Waals surface area contributed by atoms with Crippen LogP contribution in [0.5, 0.6) is 0 Å². The average Bonchev–Trinajstić information content (AvgIpc) is 2.77. The summed E-state index contributed by atoms with van der Waals surface area (Å²) < 4.78 is 26.5. The number of hydrogen-bond donors (Lipinski definition) is 2. The third-order valence-corrected chi connectivity index (χ3v) is 6.67. The van der Waals surface area contributed by atoms with E-state index in [1.807, 2.05) is 18.2 Å². The van der Waals surface area contributed by atoms with Crippen LogP contribution in [-0.4, -0.2) is 51.4 Å². The normalized spacial score (nSPS) is 12.9. The molecule has 1 amide bonds. The van der Waals surface area contributed by atoms with Crippen molar-refractivity contribution in [3.63, 3.8) is 0 Å². The Bertz CT molecular complexity index is 938. The van der Waals surface area contributed by atoms with E-state index in [4.69, 9.17) is 0 Å². The van der Waals surface area contributed by atoms with Crippen molar-refractivity contribution in [2.45, 2.75) is 38.1 Å². The largest absolute Gasteiger partial charge is 0.351 e. The number of benzene rings is 2. The Hall–Kier alpha value is -2.48. The topological polar surface area (TPSA) is 78.5 Å². The van der Waals surface area contributed by atoms with E-state index >= 15 is 0 Å². The molecule has 1 unspecified atom stereocenters. The molecule has 0 aliphatic carbocycles. The monoisotopic (exact) mass is 443 g/mol. The Balaban J connectivity index is 1.97. The van der Waals surface area contributed by atoms with Crippen molar-refractivity contribution in [3.8, 4) is 0 Å². The van der Waals surface area contributed by atoms with Gasteiger partial charge in [-0.2, -0.15) is 0 Å². The van der Waals surface area contributed by atoms with Crippen LogP contribution in [0.25, 0.3) is 6.08 Å². The molecule has 31 heavy (non-hydrogen) atoms. The van der Waals surface area contributed by atoms with E-state index in [-0.39, 0.29) is 16.8 Å². The Morgan fingerprint density at radius 1 is 1.00 bits per heavy atom. The molecular weight excluding hydrogens is 410 g/mol. The van der Waals surface area contributed by atoms with Crippen molar-refractivity contribution in [1.29, 1.82) is 0 Å². The second-order valence-electron chi connectivity index (χ2n) is 7.21. The highest BCUT2D eigenvalue weighted by Crippen LogP contribution is 2.12. The van der Waals surface area contributed by atoms with Gasteiger partial charge in [-0.05, 0) is 48.8 Å². The van der Waals surface area contributed by atoms with Crippen LogP contribution in [0.2, 0.25) is 0 Å². The second-order valence-corrected chi connectivity index (χ2v) is 8.98. The van der Waals surface area contributed by atoms with Gasteiger partial charge in [-0.15, -0.1) is 0 Å². The summed E-state index contributed by atoms with van der Waals surface area (Å²) in [5.74, 6) is -0.172. The minimum atomic E-state index is -3.47. The van der Waals surface area contributed by atoms with Gasteiger partial charge in [0.1, 0.15) is 0 Å². The lowest BCUT2D eigenvalue weighted by atomic mass is 10.0. The van der Waals surface area contributed by atoms with Gasteiger partial charge in [0.05, 0.1) is 4.90 Å². The summed E-state index contributed by atoms with van der Waals surface area (Å²) in [6.45, 7) is 8.72. The van der Waals surface area contributed by atoms with E-state index in [0.29, 0.717) is 13.1 Å². The summed E-state index contributed by atoms with van der Waals surface area (Å²) in [6, 6.07) is 16.9. The van der Waals surface area contributed by atoms with Crippen molar-refractivity contribution in [3.05, 3.63) is 71.8 Å². The molecule has 2 rings (SSSR count). The predicted molar refractivity (Wildman–Crippen MR) is 126 cm³/mol. The highest BCUT2D eigenvalue weighted by atomic mass is 32.2. The number of likely N-dealkylation sites (N-methyl/N-ethyl adjacent to an activating group) is 1. The fourth-order valence-electron chi connectivity index (χ4n) is 3.44. The summed E-state index contributed by atoms with van der Waals surface area (Å²) in [5, 5.41) is 3.00. The van der Waals surface area contributed by atoms with Crippen LogP contribution in [-0.2, 0) is 21.2 Å². The van der Waals surface area contributed by atoms with Crippen LogP contribution in [0.4, 0.5) is 0 Å². The zero-order chi connectivity index (χ0) is 22.7. The molecule has 2 N–H and O–H groups in total. The maximum absolute atomic E-state index is 12.4. The van der Waals surface area contributed by atoms with Gasteiger partial charge in [-0.25, -0.2) is 13.1 Å². The first-order chi connectivity index (χ1) is 14.9. The molecule has 0 aliphatic rings. The molecule has 0 aromatic heterocycles. The first-order valence-corrected chi connectivity index (χ1v) is 12.2. The smallest absolute Gasteiger partial charge is 0.244 e. The zero-order valence-electron chi connectivity index (χ0n) is 18.5. The lowest BCUT2D eigenvalue weighted by Gasteiger charge is -2.30. The van der Waals surface area contributed by atoms with Gasteiger partial charge in [0.15, 0.2) is 0 Å². The molecule has 1 atom stereocenters. The van der Waals surface area contributed by atoms with Gasteiger partial charge >= 0.3 is 0 Å². The number of carbonyl (C=O) groups is 1. The Labute approximate surface area is 186 Å². The number of hydrogen-bond acceptors (Lipinski definition) is 4. The number of sulfonamides is 1. The van der Waals surface area contributed by atoms with Crippen LogP contribution in [0, 0.1) is 0 Å². The highest BCUT2D eigenvalue weighted by molar-refractivity contribution is 7.89. The van der Waals surface area contributed by atoms with Crippen molar-refractivity contribution in [1.82, 2.24) is 14.9 Å². The van der Waals surface area contributed by atoms with Crippen LogP contribution in [0.3, 0.4) is 0 Å². The maximum Gasteiger partial charge on any atom is 0.244 e. The van der Waals surface area contributed by atoms with Crippen LogP contribution in [0.1, 0.15) is 31.9 Å². The van der Waals surface area contributed by atoms with Gasteiger partial charge < -0.3 is 5.32 Å². The van der Waals surface area contributed by atoms with E-state index in [9.17, 15) is 13.2 Å². The third-order valence-electron chi connectivity index (χ3n) is 5.11. The minimum Gasteiger partial charge on any atom is -0.351 e. The molecule has 0 heterocycles. The predicted octanol–water partition coefficient (Wildman–Crippen LogP) is 3.07. The van der Waals surface area contributed by atoms with Crippen LogP contribution >= 0.6 is 0 Å². The second kappa shape index (κ2) is 12.4. The molecule has 0 fully saturated rings. The zero-order valence-corrected chi connectivity index (χ0v) is 19.4. The number of carbonyl (C=O) groups excluding carboxylic acids is 1. The van der Waals surface area contributed by atoms with Gasteiger partial charge in [0, 0.05) is 25.2 Å². The van der Waals surface area contributed by atoms with Crippen LogP contribution < -0.4 is 10.0 Å². The van der Waals surface area contributed by atoms with Crippen molar-refractivity contribution >= 4 is 22.0 Å². The Kier molecular flexibility index (Phi) is 9.91. The third kappa shape index (κ3) is 7.94. The van der Waals surface area contributed by atoms with E-state index in [1.54, 1.807) is 25.1 Å². The van der Waals surface area contributed by atoms with Crippen molar-refractivity contribution in [2.24, 2.45) is 0 Å². The lowest BCUT2D eigenvalue weighted by molar-refractivity contribution is -0.116. The van der Waals surface area contributed by atoms with Gasteiger partial charge in [-0.3, -0.25) is 9.69 Å². The van der Waals surface area contributed by atoms with E-state index in [1.165, 1.54) is 23.8 Å². The van der Waals surface area contributed by atoms with Gasteiger partial charge in [-0.1, -0.05) is 63.2 Å². The molecule has 0 bridgehead atoms. The molecule has 7 heteroatoms. The summed E-state index contributed by atoms with van der Waals surface area (Å²) in [6.07, 6.45) is 4.03. The molecular formula is C24H33N3O3S. The standard InChI is InChI=1S/C24H33N3O3S/c1-4-26-31(29,30)23-15-12-20(13-16-23)14-17-24(28)25-19-22(27(5-2)6-3)18-21-10-8-7-9-11-21/h7-17,22,26H,4-6,18-19H2,1-3H3,(H,25,28). The van der Waals surface area contributed by atoms with Crippen molar-refractivity contribution < 1.29 is 13.2 Å². The maximum atomic E-state index is 12.4. The fourth-order valence-corrected chi connectivity index (χ4v) is 4.48. The highest BCUT2D eigenvalue weighted by Gasteiger charge is 2.17. The summed E-state index contributed by atoms with van der Waals surface area (Å²) in [4.78, 5) is 14.9. The first-order valence-electron chi connectivity index (χ1n) is 10.7. The molecule has 0 radical (unpaired) electrons. The molecule has 0 aliphatic heterocycles. The average molecular weight is 444 g/mol. The van der Waals surface area contributed by atoms with Gasteiger partial charge in [0.25, 0.3) is 0 Å². The summed E-state index contributed by atoms with van der Waals surface area (Å²) in [5.41, 5.74) is 2.01. The van der Waals surface area contributed by atoms with Gasteiger partial charge in [0.2, 0.25) is 15.9 Å². The van der Waals surface area contributed by atoms with Crippen molar-refractivity contribution in [2.75, 3.05) is 26.2 Å². The number of rotatable bonds is 12. The molecule has 2 aromatic rings. The number of nitrogens with one attached hydrogen (secondary N) is 2. The minimum absolute atomic E-state index is 0.172. The Morgan fingerprint density at radius 3 is 2.23 bits per heavy atom. The summed E-state index contributed by atoms with van der Waals surface area (Å²) >= 11 is 0. The fraction of sp³-hybridized carbons (Fsp3) is 0.375. The van der Waals surface area contributed by atoms with E-state index in [2.05, 4.69) is 40.9 Å². The molecule has 0 saturated heterocycles. The molecule has 168 valence electrons. The quantitative estimate of drug-likeness (QED) is 0.494. The molecule has 0 spiro atoms. The Morgan fingerprint density at radius 2 is 1.65 bits per heavy atom. The molecule has 0 saturated carbocycles. The lowest BCUT2D eigenvalue weighted by Crippen LogP contribution is -2.44. The number of amides is 1. The van der Waals surface area contributed by atoms with Crippen LogP contribution in [0.15, 0.2) is 65.6 Å². The SMILES string of the molecule is CCNS(=O)(=O)c1ccc(C=CC(=O)NCC(Cc2ccccc2)N(CC)CC)cc1. The summed E-state index contributed by atoms with van der Waals surface area (Å²) in [7, 11) is -3.47. The van der Waals surface area contributed by atoms with E-state index in [0.717, 1.165) is 25.1 Å². The van der Waals surface area contributed by atoms with E-state index < -0.39 is 10.0 Å². The molecule has 2 aromatic carbocycles. The molecule has 6 nitrogen and oxygen atoms in total. The first kappa shape index (κ1) is 24.8.